The van der Waals surface area contributed by atoms with E-state index in [-0.39, 0.29) is 0 Å². The molecule has 4 nitrogen and oxygen atoms in total. The summed E-state index contributed by atoms with van der Waals surface area (Å²) in [5.41, 5.74) is -0.405. The van der Waals surface area contributed by atoms with Crippen molar-refractivity contribution in [2.45, 2.75) is 32.1 Å². The zero-order valence-corrected chi connectivity index (χ0v) is 11.7. The fraction of sp³-hybridized carbons (Fsp3) is 0.929. The lowest BCUT2D eigenvalue weighted by Crippen LogP contribution is -2.36. The van der Waals surface area contributed by atoms with Crippen LogP contribution in [0.3, 0.4) is 0 Å². The molecule has 0 aromatic carbocycles. The molecule has 1 heterocycles. The second kappa shape index (κ2) is 5.57. The highest BCUT2D eigenvalue weighted by Gasteiger charge is 2.50. The highest BCUT2D eigenvalue weighted by Crippen LogP contribution is 2.46. The van der Waals surface area contributed by atoms with Crippen LogP contribution in [0.1, 0.15) is 32.1 Å². The number of nitrogens with zero attached hydrogens (tertiary/aromatic N) is 2. The van der Waals surface area contributed by atoms with Gasteiger partial charge in [0.15, 0.2) is 0 Å². The normalized spacial score (nSPS) is 27.4. The Balaban J connectivity index is 1.68. The van der Waals surface area contributed by atoms with Gasteiger partial charge >= 0.3 is 5.97 Å². The highest BCUT2D eigenvalue weighted by atomic mass is 16.4. The van der Waals surface area contributed by atoms with Crippen molar-refractivity contribution in [1.82, 2.24) is 9.80 Å². The zero-order valence-electron chi connectivity index (χ0n) is 11.7. The Labute approximate surface area is 110 Å². The summed E-state index contributed by atoms with van der Waals surface area (Å²) in [4.78, 5) is 15.8. The molecular weight excluding hydrogens is 228 g/mol. The summed E-state index contributed by atoms with van der Waals surface area (Å²) in [7, 11) is 4.26. The Hall–Kier alpha value is -0.610. The van der Waals surface area contributed by atoms with Gasteiger partial charge in [-0.1, -0.05) is 0 Å². The van der Waals surface area contributed by atoms with E-state index in [1.54, 1.807) is 0 Å². The van der Waals surface area contributed by atoms with Gasteiger partial charge in [0.2, 0.25) is 0 Å². The predicted octanol–water partition coefficient (Wildman–Crippen LogP) is 1.51. The second-order valence-corrected chi connectivity index (χ2v) is 6.38. The minimum Gasteiger partial charge on any atom is -0.481 e. The van der Waals surface area contributed by atoms with Crippen molar-refractivity contribution in [1.29, 1.82) is 0 Å². The molecule has 0 amide bonds. The van der Waals surface area contributed by atoms with Crippen LogP contribution in [0.2, 0.25) is 0 Å². The first-order valence-electron chi connectivity index (χ1n) is 7.12. The second-order valence-electron chi connectivity index (χ2n) is 6.38. The molecule has 18 heavy (non-hydrogen) atoms. The van der Waals surface area contributed by atoms with Crippen LogP contribution in [0.4, 0.5) is 0 Å². The quantitative estimate of drug-likeness (QED) is 0.780. The molecule has 0 spiro atoms. The van der Waals surface area contributed by atoms with Gasteiger partial charge in [-0.05, 0) is 65.2 Å². The molecule has 1 unspecified atom stereocenters. The SMILES string of the molecule is CN1CCCC(CCN(C)CC2(C(=O)O)CC2)C1. The third-order valence-corrected chi connectivity index (χ3v) is 4.52. The predicted molar refractivity (Wildman–Crippen MR) is 71.6 cm³/mol. The largest absolute Gasteiger partial charge is 0.481 e. The number of hydrogen-bond donors (Lipinski definition) is 1. The first-order chi connectivity index (χ1) is 8.52. The highest BCUT2D eigenvalue weighted by molar-refractivity contribution is 5.78. The van der Waals surface area contributed by atoms with Gasteiger partial charge in [-0.25, -0.2) is 0 Å². The van der Waals surface area contributed by atoms with Crippen LogP contribution >= 0.6 is 0 Å². The summed E-state index contributed by atoms with van der Waals surface area (Å²) in [5.74, 6) is 0.193. The maximum atomic E-state index is 11.1. The first kappa shape index (κ1) is 13.8. The fourth-order valence-corrected chi connectivity index (χ4v) is 3.10. The van der Waals surface area contributed by atoms with E-state index >= 15 is 0 Å². The monoisotopic (exact) mass is 254 g/mol. The van der Waals surface area contributed by atoms with Crippen molar-refractivity contribution in [3.8, 4) is 0 Å². The lowest BCUT2D eigenvalue weighted by atomic mass is 9.95. The molecule has 1 saturated heterocycles. The number of rotatable bonds is 6. The number of carboxylic acid groups (broad SMARTS) is 1. The Bertz CT molecular complexity index is 302. The van der Waals surface area contributed by atoms with Gasteiger partial charge in [0.1, 0.15) is 0 Å². The number of likely N-dealkylation sites (tertiary alicyclic amines) is 1. The van der Waals surface area contributed by atoms with Crippen LogP contribution in [-0.4, -0.2) is 61.2 Å². The fourth-order valence-electron chi connectivity index (χ4n) is 3.10. The lowest BCUT2D eigenvalue weighted by Gasteiger charge is -2.31. The average Bonchev–Trinajstić information content (AvgIpc) is 3.08. The van der Waals surface area contributed by atoms with Crippen molar-refractivity contribution in [2.24, 2.45) is 11.3 Å². The molecule has 1 aliphatic heterocycles. The first-order valence-corrected chi connectivity index (χ1v) is 7.12. The number of aliphatic carboxylic acids is 1. The van der Waals surface area contributed by atoms with Crippen molar-refractivity contribution < 1.29 is 9.90 Å². The van der Waals surface area contributed by atoms with E-state index in [2.05, 4.69) is 23.9 Å². The zero-order chi connectivity index (χ0) is 13.2. The summed E-state index contributed by atoms with van der Waals surface area (Å²) in [6.45, 7) is 4.20. The van der Waals surface area contributed by atoms with Crippen LogP contribution in [0.15, 0.2) is 0 Å². The van der Waals surface area contributed by atoms with Gasteiger partial charge in [-0.2, -0.15) is 0 Å². The number of carbonyl (C=O) groups is 1. The molecule has 104 valence electrons. The maximum Gasteiger partial charge on any atom is 0.310 e. The van der Waals surface area contributed by atoms with Crippen LogP contribution < -0.4 is 0 Å². The molecule has 1 saturated carbocycles. The molecular formula is C14H26N2O2. The molecule has 0 aromatic rings. The Morgan fingerprint density at radius 2 is 2.22 bits per heavy atom. The van der Waals surface area contributed by atoms with Gasteiger partial charge < -0.3 is 14.9 Å². The smallest absolute Gasteiger partial charge is 0.310 e. The van der Waals surface area contributed by atoms with Crippen LogP contribution in [0.25, 0.3) is 0 Å². The molecule has 0 radical (unpaired) electrons. The van der Waals surface area contributed by atoms with Crippen LogP contribution in [-0.2, 0) is 4.79 Å². The maximum absolute atomic E-state index is 11.1. The van der Waals surface area contributed by atoms with E-state index < -0.39 is 11.4 Å². The summed E-state index contributed by atoms with van der Waals surface area (Å²) in [6.07, 6.45) is 5.57. The average molecular weight is 254 g/mol. The number of hydrogen-bond acceptors (Lipinski definition) is 3. The standard InChI is InChI=1S/C14H26N2O2/c1-15-8-3-4-12(10-15)5-9-16(2)11-14(6-7-14)13(17)18/h12H,3-11H2,1-2H3,(H,17,18). The minimum absolute atomic E-state index is 0.405. The van der Waals surface area contributed by atoms with Crippen LogP contribution in [0.5, 0.6) is 0 Å². The van der Waals surface area contributed by atoms with Crippen molar-refractivity contribution in [3.63, 3.8) is 0 Å². The Morgan fingerprint density at radius 1 is 1.50 bits per heavy atom. The molecule has 2 rings (SSSR count). The van der Waals surface area contributed by atoms with Crippen LogP contribution in [0, 0.1) is 11.3 Å². The third-order valence-electron chi connectivity index (χ3n) is 4.52. The molecule has 2 fully saturated rings. The molecule has 1 N–H and O–H groups in total. The molecule has 0 bridgehead atoms. The molecule has 0 aromatic heterocycles. The van der Waals surface area contributed by atoms with E-state index in [4.69, 9.17) is 0 Å². The van der Waals surface area contributed by atoms with Crippen molar-refractivity contribution in [3.05, 3.63) is 0 Å². The van der Waals surface area contributed by atoms with Gasteiger partial charge in [-0.15, -0.1) is 0 Å². The van der Waals surface area contributed by atoms with Gasteiger partial charge in [0.25, 0.3) is 0 Å². The summed E-state index contributed by atoms with van der Waals surface area (Å²) < 4.78 is 0. The van der Waals surface area contributed by atoms with Gasteiger partial charge in [0.05, 0.1) is 5.41 Å². The van der Waals surface area contributed by atoms with E-state index in [9.17, 15) is 9.90 Å². The van der Waals surface area contributed by atoms with E-state index in [1.165, 1.54) is 32.4 Å². The molecule has 1 aliphatic carbocycles. The molecule has 1 atom stereocenters. The van der Waals surface area contributed by atoms with Gasteiger partial charge in [-0.3, -0.25) is 4.79 Å². The number of piperidine rings is 1. The molecule has 4 heteroatoms. The Morgan fingerprint density at radius 3 is 2.78 bits per heavy atom. The van der Waals surface area contributed by atoms with Gasteiger partial charge in [0, 0.05) is 13.1 Å². The van der Waals surface area contributed by atoms with E-state index in [0.29, 0.717) is 0 Å². The summed E-state index contributed by atoms with van der Waals surface area (Å²) in [6, 6.07) is 0. The summed E-state index contributed by atoms with van der Waals surface area (Å²) in [5, 5.41) is 9.17. The number of carboxylic acids is 1. The summed E-state index contributed by atoms with van der Waals surface area (Å²) >= 11 is 0. The van der Waals surface area contributed by atoms with E-state index in [0.717, 1.165) is 31.8 Å². The van der Waals surface area contributed by atoms with Crippen molar-refractivity contribution >= 4 is 5.97 Å². The van der Waals surface area contributed by atoms with E-state index in [1.807, 2.05) is 0 Å². The third kappa shape index (κ3) is 3.45. The molecule has 2 aliphatic rings. The van der Waals surface area contributed by atoms with Crippen molar-refractivity contribution in [2.75, 3.05) is 40.3 Å². The minimum atomic E-state index is -0.605. The topological polar surface area (TPSA) is 43.8 Å². The lowest BCUT2D eigenvalue weighted by molar-refractivity contribution is -0.144. The Kier molecular flexibility index (Phi) is 4.28.